The van der Waals surface area contributed by atoms with Crippen LogP contribution in [0.3, 0.4) is 0 Å². The first kappa shape index (κ1) is 7.98. The molecule has 0 aromatic carbocycles. The van der Waals surface area contributed by atoms with E-state index in [1.165, 1.54) is 0 Å². The van der Waals surface area contributed by atoms with E-state index in [4.69, 9.17) is 0 Å². The molecule has 0 aliphatic carbocycles. The van der Waals surface area contributed by atoms with Crippen molar-refractivity contribution in [3.63, 3.8) is 0 Å². The number of nitrogens with zero attached hydrogens (tertiary/aromatic N) is 1. The van der Waals surface area contributed by atoms with Crippen LogP contribution in [0.25, 0.3) is 0 Å². The zero-order valence-electron chi connectivity index (χ0n) is 6.79. The van der Waals surface area contributed by atoms with Crippen LogP contribution in [0, 0.1) is 5.92 Å². The van der Waals surface area contributed by atoms with Gasteiger partial charge in [-0.2, -0.15) is 0 Å². The van der Waals surface area contributed by atoms with Crippen molar-refractivity contribution in [1.29, 1.82) is 0 Å². The van der Waals surface area contributed by atoms with Crippen molar-refractivity contribution in [2.24, 2.45) is 5.92 Å². The lowest BCUT2D eigenvalue weighted by molar-refractivity contribution is -0.121. The van der Waals surface area contributed by atoms with Crippen molar-refractivity contribution < 1.29 is 4.79 Å². The summed E-state index contributed by atoms with van der Waals surface area (Å²) in [5.41, 5.74) is 0. The molecule has 60 valence electrons. The van der Waals surface area contributed by atoms with Gasteiger partial charge in [0.05, 0.1) is 6.42 Å². The highest BCUT2D eigenvalue weighted by atomic mass is 16.1. The van der Waals surface area contributed by atoms with Gasteiger partial charge in [0.25, 0.3) is 0 Å². The minimum absolute atomic E-state index is 0.0973. The molecule has 0 saturated heterocycles. The van der Waals surface area contributed by atoms with Gasteiger partial charge >= 0.3 is 0 Å². The lowest BCUT2D eigenvalue weighted by Crippen LogP contribution is -2.10. The Morgan fingerprint density at radius 3 is 2.91 bits per heavy atom. The molecular weight excluding hydrogens is 140 g/mol. The van der Waals surface area contributed by atoms with E-state index in [0.29, 0.717) is 6.42 Å². The van der Waals surface area contributed by atoms with Crippen LogP contribution in [-0.4, -0.2) is 15.8 Å². The van der Waals surface area contributed by atoms with Crippen molar-refractivity contribution in [1.82, 2.24) is 9.97 Å². The summed E-state index contributed by atoms with van der Waals surface area (Å²) in [6.45, 7) is 3.79. The van der Waals surface area contributed by atoms with Crippen molar-refractivity contribution in [2.45, 2.75) is 20.3 Å². The van der Waals surface area contributed by atoms with Gasteiger partial charge in [-0.15, -0.1) is 0 Å². The number of carbonyl (C=O) groups excluding carboxylic acids is 1. The fraction of sp³-hybridized carbons (Fsp3) is 0.500. The van der Waals surface area contributed by atoms with Crippen LogP contribution in [0.15, 0.2) is 12.4 Å². The Kier molecular flexibility index (Phi) is 2.41. The quantitative estimate of drug-likeness (QED) is 0.706. The number of ketones is 1. The van der Waals surface area contributed by atoms with Crippen molar-refractivity contribution >= 4 is 5.78 Å². The summed E-state index contributed by atoms with van der Waals surface area (Å²) in [4.78, 5) is 18.0. The second-order valence-electron chi connectivity index (χ2n) is 2.83. The standard InChI is InChI=1S/C8H12N2O/c1-6(2)7(11)5-8-9-3-4-10-8/h3-4,6H,5H2,1-2H3,(H,9,10). The minimum Gasteiger partial charge on any atom is -0.348 e. The summed E-state index contributed by atoms with van der Waals surface area (Å²) in [6.07, 6.45) is 3.80. The van der Waals surface area contributed by atoms with Crippen LogP contribution < -0.4 is 0 Å². The molecule has 1 N–H and O–H groups in total. The predicted octanol–water partition coefficient (Wildman–Crippen LogP) is 1.18. The molecule has 0 amide bonds. The highest BCUT2D eigenvalue weighted by Gasteiger charge is 2.08. The lowest BCUT2D eigenvalue weighted by Gasteiger charge is -1.99. The maximum absolute atomic E-state index is 11.2. The average Bonchev–Trinajstić information content (AvgIpc) is 2.39. The Hall–Kier alpha value is -1.12. The van der Waals surface area contributed by atoms with Gasteiger partial charge in [-0.25, -0.2) is 4.98 Å². The van der Waals surface area contributed by atoms with E-state index in [1.54, 1.807) is 12.4 Å². The van der Waals surface area contributed by atoms with Crippen LogP contribution in [0.4, 0.5) is 0 Å². The normalized spacial score (nSPS) is 10.5. The zero-order valence-corrected chi connectivity index (χ0v) is 6.79. The molecule has 3 heteroatoms. The summed E-state index contributed by atoms with van der Waals surface area (Å²) in [5, 5.41) is 0. The summed E-state index contributed by atoms with van der Waals surface area (Å²) >= 11 is 0. The first-order chi connectivity index (χ1) is 5.20. The smallest absolute Gasteiger partial charge is 0.142 e. The minimum atomic E-state index is 0.0973. The molecule has 11 heavy (non-hydrogen) atoms. The highest BCUT2D eigenvalue weighted by molar-refractivity contribution is 5.81. The van der Waals surface area contributed by atoms with Crippen molar-refractivity contribution in [3.05, 3.63) is 18.2 Å². The van der Waals surface area contributed by atoms with Gasteiger partial charge in [0.15, 0.2) is 0 Å². The van der Waals surface area contributed by atoms with Gasteiger partial charge in [0.1, 0.15) is 11.6 Å². The van der Waals surface area contributed by atoms with Crippen LogP contribution in [-0.2, 0) is 11.2 Å². The van der Waals surface area contributed by atoms with Gasteiger partial charge in [-0.1, -0.05) is 13.8 Å². The van der Waals surface area contributed by atoms with Gasteiger partial charge < -0.3 is 4.98 Å². The first-order valence-corrected chi connectivity index (χ1v) is 3.71. The Balaban J connectivity index is 2.50. The molecule has 0 fully saturated rings. The summed E-state index contributed by atoms with van der Waals surface area (Å²) in [7, 11) is 0. The molecule has 1 aromatic rings. The molecule has 1 heterocycles. The lowest BCUT2D eigenvalue weighted by atomic mass is 10.1. The molecule has 0 spiro atoms. The number of hydrogen-bond acceptors (Lipinski definition) is 2. The fourth-order valence-corrected chi connectivity index (χ4v) is 0.764. The van der Waals surface area contributed by atoms with Gasteiger partial charge in [-0.3, -0.25) is 4.79 Å². The number of carbonyl (C=O) groups is 1. The summed E-state index contributed by atoms with van der Waals surface area (Å²) in [5.74, 6) is 1.07. The van der Waals surface area contributed by atoms with Crippen LogP contribution in [0.2, 0.25) is 0 Å². The molecular formula is C8H12N2O. The first-order valence-electron chi connectivity index (χ1n) is 3.71. The third-order valence-corrected chi connectivity index (χ3v) is 1.54. The predicted molar refractivity (Wildman–Crippen MR) is 42.1 cm³/mol. The van der Waals surface area contributed by atoms with E-state index in [0.717, 1.165) is 5.82 Å². The Morgan fingerprint density at radius 2 is 2.45 bits per heavy atom. The summed E-state index contributed by atoms with van der Waals surface area (Å²) < 4.78 is 0. The maximum Gasteiger partial charge on any atom is 0.142 e. The third kappa shape index (κ3) is 2.18. The second kappa shape index (κ2) is 3.32. The molecule has 0 radical (unpaired) electrons. The molecule has 0 bridgehead atoms. The van der Waals surface area contributed by atoms with Crippen LogP contribution >= 0.6 is 0 Å². The average molecular weight is 152 g/mol. The largest absolute Gasteiger partial charge is 0.348 e. The molecule has 0 unspecified atom stereocenters. The zero-order chi connectivity index (χ0) is 8.27. The number of rotatable bonds is 3. The second-order valence-corrected chi connectivity index (χ2v) is 2.83. The number of nitrogens with one attached hydrogen (secondary N) is 1. The topological polar surface area (TPSA) is 45.8 Å². The molecule has 1 rings (SSSR count). The number of hydrogen-bond donors (Lipinski definition) is 1. The SMILES string of the molecule is CC(C)C(=O)Cc1ncc[nH]1. The molecule has 0 aliphatic heterocycles. The van der Waals surface area contributed by atoms with Crippen molar-refractivity contribution in [2.75, 3.05) is 0 Å². The maximum atomic E-state index is 11.2. The summed E-state index contributed by atoms with van der Waals surface area (Å²) in [6, 6.07) is 0. The van der Waals surface area contributed by atoms with E-state index in [2.05, 4.69) is 9.97 Å². The number of Topliss-reactive ketones (excluding diaryl/α,β-unsaturated/α-hetero) is 1. The highest BCUT2D eigenvalue weighted by Crippen LogP contribution is 1.99. The van der Waals surface area contributed by atoms with E-state index in [1.807, 2.05) is 13.8 Å². The Morgan fingerprint density at radius 1 is 1.73 bits per heavy atom. The van der Waals surface area contributed by atoms with E-state index in [-0.39, 0.29) is 11.7 Å². The van der Waals surface area contributed by atoms with Crippen molar-refractivity contribution in [3.8, 4) is 0 Å². The molecule has 3 nitrogen and oxygen atoms in total. The monoisotopic (exact) mass is 152 g/mol. The van der Waals surface area contributed by atoms with E-state index >= 15 is 0 Å². The van der Waals surface area contributed by atoms with Gasteiger partial charge in [-0.05, 0) is 0 Å². The number of imidazole rings is 1. The Bertz CT molecular complexity index is 226. The molecule has 1 aromatic heterocycles. The van der Waals surface area contributed by atoms with E-state index in [9.17, 15) is 4.79 Å². The Labute approximate surface area is 65.8 Å². The van der Waals surface area contributed by atoms with Gasteiger partial charge in [0.2, 0.25) is 0 Å². The van der Waals surface area contributed by atoms with E-state index < -0.39 is 0 Å². The molecule has 0 atom stereocenters. The molecule has 0 aliphatic rings. The number of aromatic nitrogens is 2. The third-order valence-electron chi connectivity index (χ3n) is 1.54. The van der Waals surface area contributed by atoms with Crippen LogP contribution in [0.5, 0.6) is 0 Å². The number of aromatic amines is 1. The van der Waals surface area contributed by atoms with Gasteiger partial charge in [0, 0.05) is 18.3 Å². The van der Waals surface area contributed by atoms with Crippen LogP contribution in [0.1, 0.15) is 19.7 Å². The number of H-pyrrole nitrogens is 1. The fourth-order valence-electron chi connectivity index (χ4n) is 0.764. The molecule has 0 saturated carbocycles.